The van der Waals surface area contributed by atoms with Crippen LogP contribution < -0.4 is 5.32 Å². The minimum Gasteiger partial charge on any atom is -0.351 e. The summed E-state index contributed by atoms with van der Waals surface area (Å²) in [7, 11) is 0. The Morgan fingerprint density at radius 1 is 1.29 bits per heavy atom. The predicted octanol–water partition coefficient (Wildman–Crippen LogP) is 3.57. The van der Waals surface area contributed by atoms with Gasteiger partial charge in [-0.15, -0.1) is 0 Å². The highest BCUT2D eigenvalue weighted by Gasteiger charge is 2.27. The van der Waals surface area contributed by atoms with Crippen molar-refractivity contribution in [3.8, 4) is 0 Å². The summed E-state index contributed by atoms with van der Waals surface area (Å²) in [5, 5.41) is 7.03. The largest absolute Gasteiger partial charge is 0.351 e. The highest BCUT2D eigenvalue weighted by atomic mass is 16.5. The molecular formula is C19H31N3O2. The van der Waals surface area contributed by atoms with E-state index in [0.717, 1.165) is 31.0 Å². The third-order valence-electron chi connectivity index (χ3n) is 5.45. The first-order valence-electron chi connectivity index (χ1n) is 9.73. The molecular weight excluding hydrogens is 302 g/mol. The van der Waals surface area contributed by atoms with Gasteiger partial charge in [-0.3, -0.25) is 4.79 Å². The average molecular weight is 333 g/mol. The molecule has 134 valence electrons. The number of carbonyl (C=O) groups is 1. The van der Waals surface area contributed by atoms with Crippen LogP contribution >= 0.6 is 0 Å². The van der Waals surface area contributed by atoms with Crippen LogP contribution in [0.3, 0.4) is 0 Å². The van der Waals surface area contributed by atoms with E-state index in [9.17, 15) is 4.79 Å². The lowest BCUT2D eigenvalue weighted by Crippen LogP contribution is -2.38. The van der Waals surface area contributed by atoms with E-state index in [1.165, 1.54) is 51.6 Å². The predicted molar refractivity (Wildman–Crippen MR) is 94.1 cm³/mol. The molecule has 1 aromatic rings. The molecule has 1 saturated heterocycles. The van der Waals surface area contributed by atoms with Gasteiger partial charge in [0.25, 0.3) is 5.91 Å². The number of likely N-dealkylation sites (tertiary alicyclic amines) is 1. The number of aromatic nitrogens is 1. The van der Waals surface area contributed by atoms with E-state index in [-0.39, 0.29) is 5.91 Å². The van der Waals surface area contributed by atoms with Crippen molar-refractivity contribution in [2.24, 2.45) is 5.92 Å². The number of nitrogens with zero attached hydrogens (tertiary/aromatic N) is 2. The molecule has 0 aromatic carbocycles. The van der Waals surface area contributed by atoms with E-state index in [2.05, 4.69) is 15.4 Å². The van der Waals surface area contributed by atoms with Crippen molar-refractivity contribution in [3.63, 3.8) is 0 Å². The number of amides is 1. The zero-order valence-corrected chi connectivity index (χ0v) is 14.9. The molecule has 1 aromatic heterocycles. The van der Waals surface area contributed by atoms with Crippen LogP contribution in [0.4, 0.5) is 0 Å². The van der Waals surface area contributed by atoms with E-state index < -0.39 is 0 Å². The van der Waals surface area contributed by atoms with Gasteiger partial charge >= 0.3 is 0 Å². The zero-order valence-electron chi connectivity index (χ0n) is 14.9. The quantitative estimate of drug-likeness (QED) is 0.864. The molecule has 2 fully saturated rings. The molecule has 5 heteroatoms. The first-order valence-corrected chi connectivity index (χ1v) is 9.73. The number of nitrogens with one attached hydrogen (secondary N) is 1. The van der Waals surface area contributed by atoms with E-state index in [0.29, 0.717) is 18.2 Å². The molecule has 2 aliphatic rings. The van der Waals surface area contributed by atoms with Crippen LogP contribution in [0.2, 0.25) is 0 Å². The summed E-state index contributed by atoms with van der Waals surface area (Å²) in [5.41, 5.74) is 0.949. The van der Waals surface area contributed by atoms with Gasteiger partial charge in [-0.25, -0.2) is 0 Å². The van der Waals surface area contributed by atoms with Crippen molar-refractivity contribution < 1.29 is 9.32 Å². The van der Waals surface area contributed by atoms with Gasteiger partial charge in [0.05, 0.1) is 5.69 Å². The van der Waals surface area contributed by atoms with Gasteiger partial charge in [-0.2, -0.15) is 0 Å². The second-order valence-electron chi connectivity index (χ2n) is 7.47. The SMILES string of the molecule is CCCNC(=O)c1cc(C2CCCN(CC3CCCCC3)C2)no1. The Labute approximate surface area is 145 Å². The Morgan fingerprint density at radius 2 is 2.12 bits per heavy atom. The molecule has 0 bridgehead atoms. The Hall–Kier alpha value is -1.36. The molecule has 0 spiro atoms. The number of hydrogen-bond acceptors (Lipinski definition) is 4. The molecule has 2 heterocycles. The fourth-order valence-corrected chi connectivity index (χ4v) is 4.11. The maximum Gasteiger partial charge on any atom is 0.289 e. The van der Waals surface area contributed by atoms with Crippen molar-refractivity contribution in [2.45, 2.75) is 64.2 Å². The molecule has 1 saturated carbocycles. The molecule has 1 unspecified atom stereocenters. The van der Waals surface area contributed by atoms with Crippen molar-refractivity contribution in [3.05, 3.63) is 17.5 Å². The average Bonchev–Trinajstić information content (AvgIpc) is 3.11. The highest BCUT2D eigenvalue weighted by molar-refractivity contribution is 5.91. The van der Waals surface area contributed by atoms with Crippen molar-refractivity contribution in [2.75, 3.05) is 26.2 Å². The summed E-state index contributed by atoms with van der Waals surface area (Å²) in [6.07, 6.45) is 10.3. The van der Waals surface area contributed by atoms with E-state index in [1.807, 2.05) is 13.0 Å². The van der Waals surface area contributed by atoms with Gasteiger partial charge in [0.15, 0.2) is 0 Å². The maximum atomic E-state index is 12.0. The van der Waals surface area contributed by atoms with Crippen LogP contribution in [0, 0.1) is 5.92 Å². The lowest BCUT2D eigenvalue weighted by atomic mass is 9.87. The lowest BCUT2D eigenvalue weighted by Gasteiger charge is -2.35. The Balaban J connectivity index is 1.54. The molecule has 1 N–H and O–H groups in total. The first kappa shape index (κ1) is 17.5. The summed E-state index contributed by atoms with van der Waals surface area (Å²) >= 11 is 0. The van der Waals surface area contributed by atoms with Crippen LogP contribution in [0.1, 0.15) is 80.5 Å². The third kappa shape index (κ3) is 4.59. The summed E-state index contributed by atoms with van der Waals surface area (Å²) < 4.78 is 5.28. The fourth-order valence-electron chi connectivity index (χ4n) is 4.11. The zero-order chi connectivity index (χ0) is 16.8. The maximum absolute atomic E-state index is 12.0. The molecule has 1 atom stereocenters. The van der Waals surface area contributed by atoms with Gasteiger partial charge < -0.3 is 14.7 Å². The number of hydrogen-bond donors (Lipinski definition) is 1. The van der Waals surface area contributed by atoms with Crippen LogP contribution in [0.25, 0.3) is 0 Å². The molecule has 1 aliphatic heterocycles. The number of rotatable bonds is 6. The van der Waals surface area contributed by atoms with Crippen molar-refractivity contribution >= 4 is 5.91 Å². The topological polar surface area (TPSA) is 58.4 Å². The Bertz CT molecular complexity index is 522. The third-order valence-corrected chi connectivity index (χ3v) is 5.45. The van der Waals surface area contributed by atoms with E-state index in [4.69, 9.17) is 4.52 Å². The van der Waals surface area contributed by atoms with Crippen molar-refractivity contribution in [1.29, 1.82) is 0 Å². The minimum absolute atomic E-state index is 0.148. The van der Waals surface area contributed by atoms with Crippen LogP contribution in [0.5, 0.6) is 0 Å². The summed E-state index contributed by atoms with van der Waals surface area (Å²) in [5.74, 6) is 1.48. The summed E-state index contributed by atoms with van der Waals surface area (Å²) in [4.78, 5) is 14.6. The van der Waals surface area contributed by atoms with Gasteiger partial charge in [-0.05, 0) is 44.6 Å². The monoisotopic (exact) mass is 333 g/mol. The molecule has 1 amide bonds. The smallest absolute Gasteiger partial charge is 0.289 e. The number of piperidine rings is 1. The van der Waals surface area contributed by atoms with Crippen molar-refractivity contribution in [1.82, 2.24) is 15.4 Å². The number of carbonyl (C=O) groups excluding carboxylic acids is 1. The Morgan fingerprint density at radius 3 is 2.92 bits per heavy atom. The fraction of sp³-hybridized carbons (Fsp3) is 0.789. The van der Waals surface area contributed by atoms with Gasteiger partial charge in [0.2, 0.25) is 5.76 Å². The van der Waals surface area contributed by atoms with Crippen LogP contribution in [-0.4, -0.2) is 42.1 Å². The van der Waals surface area contributed by atoms with Gasteiger partial charge in [0, 0.05) is 31.6 Å². The second-order valence-corrected chi connectivity index (χ2v) is 7.47. The normalized spacial score (nSPS) is 23.3. The van der Waals surface area contributed by atoms with Crippen LogP contribution in [-0.2, 0) is 0 Å². The molecule has 24 heavy (non-hydrogen) atoms. The molecule has 1 aliphatic carbocycles. The standard InChI is InChI=1S/C19H31N3O2/c1-2-10-20-19(23)18-12-17(21-24-18)16-9-6-11-22(14-16)13-15-7-4-3-5-8-15/h12,15-16H,2-11,13-14H2,1H3,(H,20,23). The summed E-state index contributed by atoms with van der Waals surface area (Å²) in [6, 6.07) is 1.85. The molecule has 0 radical (unpaired) electrons. The minimum atomic E-state index is -0.148. The van der Waals surface area contributed by atoms with E-state index >= 15 is 0 Å². The second kappa shape index (κ2) is 8.65. The van der Waals surface area contributed by atoms with Crippen LogP contribution in [0.15, 0.2) is 10.6 Å². The lowest BCUT2D eigenvalue weighted by molar-refractivity contribution is 0.0916. The first-order chi connectivity index (χ1) is 11.8. The molecule has 3 rings (SSSR count). The van der Waals surface area contributed by atoms with Gasteiger partial charge in [0.1, 0.15) is 0 Å². The molecule has 5 nitrogen and oxygen atoms in total. The van der Waals surface area contributed by atoms with E-state index in [1.54, 1.807) is 0 Å². The Kier molecular flexibility index (Phi) is 6.30. The highest BCUT2D eigenvalue weighted by Crippen LogP contribution is 2.30. The summed E-state index contributed by atoms with van der Waals surface area (Å²) in [6.45, 7) is 6.20. The van der Waals surface area contributed by atoms with Gasteiger partial charge in [-0.1, -0.05) is 31.3 Å².